The summed E-state index contributed by atoms with van der Waals surface area (Å²) in [5.74, 6) is 0.403. The molecule has 4 heteroatoms. The van der Waals surface area contributed by atoms with E-state index >= 15 is 0 Å². The van der Waals surface area contributed by atoms with Crippen molar-refractivity contribution in [1.82, 2.24) is 9.78 Å². The molecule has 116 valence electrons. The summed E-state index contributed by atoms with van der Waals surface area (Å²) in [6.45, 7) is 2.32. The van der Waals surface area contributed by atoms with Crippen LogP contribution in [0.15, 0.2) is 30.3 Å². The van der Waals surface area contributed by atoms with Crippen molar-refractivity contribution < 1.29 is 9.90 Å². The summed E-state index contributed by atoms with van der Waals surface area (Å²) in [4.78, 5) is 11.1. The van der Waals surface area contributed by atoms with E-state index in [1.807, 2.05) is 13.1 Å². The van der Waals surface area contributed by atoms with Gasteiger partial charge in [0.15, 0.2) is 5.69 Å². The van der Waals surface area contributed by atoms with Crippen LogP contribution in [0.2, 0.25) is 0 Å². The van der Waals surface area contributed by atoms with Crippen LogP contribution in [0, 0.1) is 5.92 Å². The average Bonchev–Trinajstić information content (AvgIpc) is 2.90. The van der Waals surface area contributed by atoms with E-state index in [2.05, 4.69) is 30.2 Å². The van der Waals surface area contributed by atoms with Gasteiger partial charge < -0.3 is 5.11 Å². The third kappa shape index (κ3) is 2.78. The molecule has 22 heavy (non-hydrogen) atoms. The van der Waals surface area contributed by atoms with Gasteiger partial charge in [-0.15, -0.1) is 0 Å². The summed E-state index contributed by atoms with van der Waals surface area (Å²) in [6.07, 6.45) is 4.96. The molecule has 1 saturated carbocycles. The van der Waals surface area contributed by atoms with Crippen LogP contribution in [0.3, 0.4) is 0 Å². The standard InChI is InChI=1S/C18H22N2O2/c1-12-7-9-13(10-8-12)14-5-3-4-6-15(14)17-11-16(18(21)22)19-20(17)2/h3-6,11-13H,7-10H2,1-2H3,(H,21,22). The lowest BCUT2D eigenvalue weighted by atomic mass is 9.78. The van der Waals surface area contributed by atoms with Crippen LogP contribution in [0.4, 0.5) is 0 Å². The molecule has 0 aliphatic heterocycles. The Labute approximate surface area is 130 Å². The summed E-state index contributed by atoms with van der Waals surface area (Å²) < 4.78 is 1.67. The highest BCUT2D eigenvalue weighted by atomic mass is 16.4. The van der Waals surface area contributed by atoms with E-state index < -0.39 is 5.97 Å². The summed E-state index contributed by atoms with van der Waals surface area (Å²) in [6, 6.07) is 10.0. The quantitative estimate of drug-likeness (QED) is 0.929. The number of aryl methyl sites for hydroxylation is 1. The summed E-state index contributed by atoms with van der Waals surface area (Å²) in [5, 5.41) is 13.2. The van der Waals surface area contributed by atoms with Gasteiger partial charge >= 0.3 is 5.97 Å². The van der Waals surface area contributed by atoms with E-state index in [4.69, 9.17) is 5.11 Å². The number of carboxylic acid groups (broad SMARTS) is 1. The van der Waals surface area contributed by atoms with Crippen LogP contribution in [-0.4, -0.2) is 20.9 Å². The number of rotatable bonds is 3. The van der Waals surface area contributed by atoms with Gasteiger partial charge in [0.25, 0.3) is 0 Å². The van der Waals surface area contributed by atoms with Crippen molar-refractivity contribution in [3.63, 3.8) is 0 Å². The summed E-state index contributed by atoms with van der Waals surface area (Å²) in [5.41, 5.74) is 3.43. The number of carbonyl (C=O) groups is 1. The van der Waals surface area contributed by atoms with Crippen molar-refractivity contribution in [2.75, 3.05) is 0 Å². The minimum Gasteiger partial charge on any atom is -0.476 e. The molecular formula is C18H22N2O2. The van der Waals surface area contributed by atoms with Crippen molar-refractivity contribution in [2.45, 2.75) is 38.5 Å². The number of aromatic carboxylic acids is 1. The van der Waals surface area contributed by atoms with Crippen molar-refractivity contribution in [3.05, 3.63) is 41.6 Å². The number of aromatic nitrogens is 2. The zero-order chi connectivity index (χ0) is 15.7. The molecule has 0 unspecified atom stereocenters. The highest BCUT2D eigenvalue weighted by Crippen LogP contribution is 2.39. The van der Waals surface area contributed by atoms with Crippen LogP contribution in [0.1, 0.15) is 54.6 Å². The predicted molar refractivity (Wildman–Crippen MR) is 86.0 cm³/mol. The molecule has 1 fully saturated rings. The molecule has 0 spiro atoms. The van der Waals surface area contributed by atoms with E-state index in [0.29, 0.717) is 5.92 Å². The van der Waals surface area contributed by atoms with Crippen LogP contribution < -0.4 is 0 Å². The first kappa shape index (κ1) is 14.8. The molecule has 2 aromatic rings. The normalized spacial score (nSPS) is 21.7. The second-order valence-corrected chi connectivity index (χ2v) is 6.39. The molecule has 1 aliphatic rings. The molecule has 1 aromatic carbocycles. The Bertz CT molecular complexity index is 682. The van der Waals surface area contributed by atoms with E-state index in [-0.39, 0.29) is 5.69 Å². The van der Waals surface area contributed by atoms with Gasteiger partial charge in [-0.05, 0) is 36.3 Å². The van der Waals surface area contributed by atoms with Gasteiger partial charge in [0.05, 0.1) is 5.69 Å². The van der Waals surface area contributed by atoms with Gasteiger partial charge in [-0.25, -0.2) is 4.79 Å². The molecule has 0 bridgehead atoms. The zero-order valence-corrected chi connectivity index (χ0v) is 13.1. The molecule has 0 atom stereocenters. The first-order chi connectivity index (χ1) is 10.6. The van der Waals surface area contributed by atoms with Crippen LogP contribution in [0.25, 0.3) is 11.3 Å². The average molecular weight is 298 g/mol. The van der Waals surface area contributed by atoms with Crippen LogP contribution in [0.5, 0.6) is 0 Å². The van der Waals surface area contributed by atoms with Gasteiger partial charge in [-0.3, -0.25) is 4.68 Å². The van der Waals surface area contributed by atoms with Crippen LogP contribution >= 0.6 is 0 Å². The molecule has 4 nitrogen and oxygen atoms in total. The fourth-order valence-electron chi connectivity index (χ4n) is 3.48. The topological polar surface area (TPSA) is 55.1 Å². The highest BCUT2D eigenvalue weighted by molar-refractivity contribution is 5.87. The number of hydrogen-bond acceptors (Lipinski definition) is 2. The lowest BCUT2D eigenvalue weighted by Gasteiger charge is -2.28. The molecule has 1 aromatic heterocycles. The third-order valence-electron chi connectivity index (χ3n) is 4.79. The molecule has 0 radical (unpaired) electrons. The number of nitrogens with zero attached hydrogens (tertiary/aromatic N) is 2. The lowest BCUT2D eigenvalue weighted by molar-refractivity contribution is 0.0689. The second-order valence-electron chi connectivity index (χ2n) is 6.39. The van der Waals surface area contributed by atoms with Crippen molar-refractivity contribution in [3.8, 4) is 11.3 Å². The first-order valence-electron chi connectivity index (χ1n) is 7.93. The maximum Gasteiger partial charge on any atom is 0.356 e. The van der Waals surface area contributed by atoms with Gasteiger partial charge in [0.2, 0.25) is 0 Å². The van der Waals surface area contributed by atoms with Crippen molar-refractivity contribution in [1.29, 1.82) is 0 Å². The van der Waals surface area contributed by atoms with E-state index in [1.165, 1.54) is 31.2 Å². The molecule has 3 rings (SSSR count). The van der Waals surface area contributed by atoms with Crippen LogP contribution in [-0.2, 0) is 7.05 Å². The Morgan fingerprint density at radius 2 is 1.91 bits per heavy atom. The SMILES string of the molecule is CC1CCC(c2ccccc2-c2cc(C(=O)O)nn2C)CC1. The van der Waals surface area contributed by atoms with Gasteiger partial charge in [-0.2, -0.15) is 5.10 Å². The Hall–Kier alpha value is -2.10. The zero-order valence-electron chi connectivity index (χ0n) is 13.1. The first-order valence-corrected chi connectivity index (χ1v) is 7.93. The monoisotopic (exact) mass is 298 g/mol. The molecule has 0 amide bonds. The van der Waals surface area contributed by atoms with Gasteiger partial charge in [0.1, 0.15) is 0 Å². The minimum atomic E-state index is -0.981. The van der Waals surface area contributed by atoms with Gasteiger partial charge in [0, 0.05) is 12.6 Å². The fourth-order valence-corrected chi connectivity index (χ4v) is 3.48. The molecular weight excluding hydrogens is 276 g/mol. The molecule has 1 aliphatic carbocycles. The fraction of sp³-hybridized carbons (Fsp3) is 0.444. The summed E-state index contributed by atoms with van der Waals surface area (Å²) >= 11 is 0. The maximum absolute atomic E-state index is 11.1. The highest BCUT2D eigenvalue weighted by Gasteiger charge is 2.23. The Balaban J connectivity index is 1.99. The lowest BCUT2D eigenvalue weighted by Crippen LogP contribution is -2.12. The molecule has 0 saturated heterocycles. The summed E-state index contributed by atoms with van der Waals surface area (Å²) in [7, 11) is 1.81. The smallest absolute Gasteiger partial charge is 0.356 e. The second kappa shape index (κ2) is 5.95. The minimum absolute atomic E-state index is 0.101. The molecule has 1 N–H and O–H groups in total. The number of carboxylic acids is 1. The third-order valence-corrected chi connectivity index (χ3v) is 4.79. The number of hydrogen-bond donors (Lipinski definition) is 1. The van der Waals surface area contributed by atoms with Gasteiger partial charge in [-0.1, -0.05) is 44.0 Å². The Morgan fingerprint density at radius 1 is 1.23 bits per heavy atom. The Kier molecular flexibility index (Phi) is 4.01. The largest absolute Gasteiger partial charge is 0.476 e. The molecule has 1 heterocycles. The van der Waals surface area contributed by atoms with Crippen molar-refractivity contribution in [2.24, 2.45) is 13.0 Å². The van der Waals surface area contributed by atoms with E-state index in [0.717, 1.165) is 17.2 Å². The predicted octanol–water partition coefficient (Wildman–Crippen LogP) is 4.08. The van der Waals surface area contributed by atoms with E-state index in [9.17, 15) is 4.79 Å². The Morgan fingerprint density at radius 3 is 2.55 bits per heavy atom. The van der Waals surface area contributed by atoms with E-state index in [1.54, 1.807) is 10.7 Å². The van der Waals surface area contributed by atoms with Crippen molar-refractivity contribution >= 4 is 5.97 Å². The maximum atomic E-state index is 11.1. The number of benzene rings is 1.